The van der Waals surface area contributed by atoms with Crippen molar-refractivity contribution in [2.24, 2.45) is 5.92 Å². The van der Waals surface area contributed by atoms with E-state index in [0.29, 0.717) is 12.5 Å². The van der Waals surface area contributed by atoms with Crippen LogP contribution in [0, 0.1) is 5.92 Å². The zero-order valence-corrected chi connectivity index (χ0v) is 12.7. The summed E-state index contributed by atoms with van der Waals surface area (Å²) in [6.45, 7) is -0.487. The summed E-state index contributed by atoms with van der Waals surface area (Å²) in [5.41, 5.74) is -3.41. The molecule has 0 aromatic heterocycles. The van der Waals surface area contributed by atoms with Crippen molar-refractivity contribution in [3.05, 3.63) is 35.9 Å². The van der Waals surface area contributed by atoms with Gasteiger partial charge in [0.25, 0.3) is 0 Å². The van der Waals surface area contributed by atoms with Crippen LogP contribution in [0.15, 0.2) is 30.3 Å². The van der Waals surface area contributed by atoms with E-state index in [2.05, 4.69) is 10.6 Å². The molecule has 4 nitrogen and oxygen atoms in total. The van der Waals surface area contributed by atoms with Gasteiger partial charge in [-0.2, -0.15) is 13.2 Å². The van der Waals surface area contributed by atoms with Gasteiger partial charge in [-0.1, -0.05) is 43.2 Å². The molecule has 2 amide bonds. The van der Waals surface area contributed by atoms with Gasteiger partial charge in [0.1, 0.15) is 0 Å². The lowest BCUT2D eigenvalue weighted by atomic mass is 9.93. The highest BCUT2D eigenvalue weighted by atomic mass is 19.4. The number of carbonyl (C=O) groups excluding carboxylic acids is 1. The molecule has 128 valence electrons. The predicted octanol–water partition coefficient (Wildman–Crippen LogP) is 2.93. The predicted molar refractivity (Wildman–Crippen MR) is 79.8 cm³/mol. The van der Waals surface area contributed by atoms with Gasteiger partial charge in [0.05, 0.1) is 6.54 Å². The maximum absolute atomic E-state index is 13.3. The molecule has 1 fully saturated rings. The molecule has 1 aromatic carbocycles. The molecule has 0 bridgehead atoms. The lowest BCUT2D eigenvalue weighted by Crippen LogP contribution is -2.52. The number of hydrogen-bond donors (Lipinski definition) is 3. The highest BCUT2D eigenvalue weighted by Gasteiger charge is 2.55. The summed E-state index contributed by atoms with van der Waals surface area (Å²) < 4.78 is 39.8. The first-order valence-electron chi connectivity index (χ1n) is 7.69. The minimum absolute atomic E-state index is 0.302. The number of hydrogen-bond acceptors (Lipinski definition) is 2. The van der Waals surface area contributed by atoms with Crippen molar-refractivity contribution < 1.29 is 23.1 Å². The van der Waals surface area contributed by atoms with Crippen LogP contribution in [-0.2, 0) is 5.60 Å². The van der Waals surface area contributed by atoms with E-state index in [1.54, 1.807) is 6.07 Å². The number of aliphatic hydroxyl groups is 1. The maximum atomic E-state index is 13.3. The van der Waals surface area contributed by atoms with Crippen LogP contribution >= 0.6 is 0 Å². The second-order valence-corrected chi connectivity index (χ2v) is 5.94. The SMILES string of the molecule is O=C(NCC1CCCC1)NC[C@](O)(c1ccccc1)C(F)(F)F. The molecule has 0 heterocycles. The molecule has 0 saturated heterocycles. The van der Waals surface area contributed by atoms with Crippen molar-refractivity contribution >= 4 is 6.03 Å². The molecular weight excluding hydrogens is 309 g/mol. The van der Waals surface area contributed by atoms with Crippen LogP contribution in [-0.4, -0.2) is 30.4 Å². The van der Waals surface area contributed by atoms with Gasteiger partial charge >= 0.3 is 12.2 Å². The molecule has 1 aliphatic rings. The summed E-state index contributed by atoms with van der Waals surface area (Å²) in [7, 11) is 0. The van der Waals surface area contributed by atoms with Crippen LogP contribution in [0.4, 0.5) is 18.0 Å². The Bertz CT molecular complexity index is 516. The Labute approximate surface area is 133 Å². The fourth-order valence-corrected chi connectivity index (χ4v) is 2.80. The van der Waals surface area contributed by atoms with Crippen LogP contribution in [0.1, 0.15) is 31.2 Å². The average Bonchev–Trinajstić information content (AvgIpc) is 3.03. The zero-order valence-electron chi connectivity index (χ0n) is 12.7. The van der Waals surface area contributed by atoms with Crippen LogP contribution in [0.5, 0.6) is 0 Å². The van der Waals surface area contributed by atoms with Crippen molar-refractivity contribution in [1.82, 2.24) is 10.6 Å². The molecule has 1 saturated carbocycles. The highest BCUT2D eigenvalue weighted by Crippen LogP contribution is 2.38. The van der Waals surface area contributed by atoms with Gasteiger partial charge in [-0.3, -0.25) is 0 Å². The summed E-state index contributed by atoms with van der Waals surface area (Å²) in [5, 5.41) is 14.8. The molecule has 0 aliphatic heterocycles. The molecule has 3 N–H and O–H groups in total. The Morgan fingerprint density at radius 3 is 2.30 bits per heavy atom. The van der Waals surface area contributed by atoms with Crippen LogP contribution in [0.25, 0.3) is 0 Å². The number of nitrogens with one attached hydrogen (secondary N) is 2. The van der Waals surface area contributed by atoms with E-state index in [-0.39, 0.29) is 5.56 Å². The Morgan fingerprint density at radius 1 is 1.13 bits per heavy atom. The fourth-order valence-electron chi connectivity index (χ4n) is 2.80. The van der Waals surface area contributed by atoms with Crippen molar-refractivity contribution in [2.75, 3.05) is 13.1 Å². The van der Waals surface area contributed by atoms with E-state index in [0.717, 1.165) is 25.7 Å². The molecule has 1 atom stereocenters. The monoisotopic (exact) mass is 330 g/mol. The van der Waals surface area contributed by atoms with Crippen LogP contribution in [0.3, 0.4) is 0 Å². The van der Waals surface area contributed by atoms with Crippen LogP contribution in [0.2, 0.25) is 0 Å². The number of benzene rings is 1. The Morgan fingerprint density at radius 2 is 1.74 bits per heavy atom. The molecule has 0 unspecified atom stereocenters. The fraction of sp³-hybridized carbons (Fsp3) is 0.562. The molecule has 0 radical (unpaired) electrons. The number of urea groups is 1. The van der Waals surface area contributed by atoms with Gasteiger partial charge in [0.2, 0.25) is 5.60 Å². The van der Waals surface area contributed by atoms with E-state index in [1.165, 1.54) is 24.3 Å². The van der Waals surface area contributed by atoms with Crippen molar-refractivity contribution in [3.8, 4) is 0 Å². The van der Waals surface area contributed by atoms with Crippen molar-refractivity contribution in [3.63, 3.8) is 0 Å². The normalized spacial score (nSPS) is 18.4. The van der Waals surface area contributed by atoms with Gasteiger partial charge in [0.15, 0.2) is 0 Å². The molecule has 1 aromatic rings. The Kier molecular flexibility index (Phi) is 5.51. The Hall–Kier alpha value is -1.76. The zero-order chi connectivity index (χ0) is 16.9. The highest BCUT2D eigenvalue weighted by molar-refractivity contribution is 5.73. The van der Waals surface area contributed by atoms with Crippen molar-refractivity contribution in [1.29, 1.82) is 0 Å². The summed E-state index contributed by atoms with van der Waals surface area (Å²) in [5.74, 6) is 0.386. The van der Waals surface area contributed by atoms with Crippen molar-refractivity contribution in [2.45, 2.75) is 37.5 Å². The molecule has 23 heavy (non-hydrogen) atoms. The third-order valence-corrected chi connectivity index (χ3v) is 4.25. The molecule has 7 heteroatoms. The summed E-state index contributed by atoms with van der Waals surface area (Å²) in [6.07, 6.45) is -0.605. The van der Waals surface area contributed by atoms with E-state index >= 15 is 0 Å². The molecular formula is C16H21F3N2O2. The van der Waals surface area contributed by atoms with E-state index in [1.807, 2.05) is 0 Å². The van der Waals surface area contributed by atoms with Gasteiger partial charge in [-0.25, -0.2) is 4.79 Å². The van der Waals surface area contributed by atoms with E-state index in [4.69, 9.17) is 0 Å². The largest absolute Gasteiger partial charge is 0.423 e. The molecule has 2 rings (SSSR count). The minimum atomic E-state index is -4.90. The standard InChI is InChI=1S/C16H21F3N2O2/c17-16(18,19)15(23,13-8-2-1-3-9-13)11-21-14(22)20-10-12-6-4-5-7-12/h1-3,8-9,12,23H,4-7,10-11H2,(H2,20,21,22)/t15-/m0/s1. The first-order chi connectivity index (χ1) is 10.8. The minimum Gasteiger partial charge on any atom is -0.375 e. The van der Waals surface area contributed by atoms with Gasteiger partial charge < -0.3 is 15.7 Å². The first-order valence-corrected chi connectivity index (χ1v) is 7.69. The van der Waals surface area contributed by atoms with E-state index in [9.17, 15) is 23.1 Å². The number of halogens is 3. The number of alkyl halides is 3. The number of carbonyl (C=O) groups is 1. The summed E-state index contributed by atoms with van der Waals surface area (Å²) >= 11 is 0. The molecule has 0 spiro atoms. The third kappa shape index (κ3) is 4.37. The molecule has 1 aliphatic carbocycles. The van der Waals surface area contributed by atoms with E-state index < -0.39 is 24.4 Å². The third-order valence-electron chi connectivity index (χ3n) is 4.25. The lowest BCUT2D eigenvalue weighted by Gasteiger charge is -2.31. The second-order valence-electron chi connectivity index (χ2n) is 5.94. The van der Waals surface area contributed by atoms with Gasteiger partial charge in [0, 0.05) is 6.54 Å². The lowest BCUT2D eigenvalue weighted by molar-refractivity contribution is -0.263. The van der Waals surface area contributed by atoms with Gasteiger partial charge in [-0.15, -0.1) is 0 Å². The number of rotatable bonds is 5. The first kappa shape index (κ1) is 17.6. The topological polar surface area (TPSA) is 61.4 Å². The summed E-state index contributed by atoms with van der Waals surface area (Å²) in [4.78, 5) is 11.7. The summed E-state index contributed by atoms with van der Waals surface area (Å²) in [6, 6.07) is 6.05. The number of amides is 2. The maximum Gasteiger partial charge on any atom is 0.423 e. The second kappa shape index (κ2) is 7.21. The smallest absolute Gasteiger partial charge is 0.375 e. The van der Waals surface area contributed by atoms with Crippen LogP contribution < -0.4 is 10.6 Å². The average molecular weight is 330 g/mol. The Balaban J connectivity index is 1.94. The van der Waals surface area contributed by atoms with Gasteiger partial charge in [-0.05, 0) is 24.3 Å². The quantitative estimate of drug-likeness (QED) is 0.777.